The van der Waals surface area contributed by atoms with Crippen LogP contribution >= 0.6 is 0 Å². The zero-order chi connectivity index (χ0) is 13.0. The third-order valence-corrected chi connectivity index (χ3v) is 3.17. The van der Waals surface area contributed by atoms with E-state index in [-0.39, 0.29) is 12.1 Å². The van der Waals surface area contributed by atoms with Gasteiger partial charge < -0.3 is 9.47 Å². The van der Waals surface area contributed by atoms with Crippen LogP contribution in [0.5, 0.6) is 5.75 Å². The molecular formula is C15H18O3. The molecule has 1 aliphatic rings. The lowest BCUT2D eigenvalue weighted by molar-refractivity contribution is -0.139. The molecule has 0 saturated carbocycles. The minimum Gasteiger partial charge on any atom is -0.490 e. The van der Waals surface area contributed by atoms with Crippen LogP contribution in [0.25, 0.3) is 0 Å². The van der Waals surface area contributed by atoms with Crippen molar-refractivity contribution in [2.45, 2.75) is 31.8 Å². The summed E-state index contributed by atoms with van der Waals surface area (Å²) >= 11 is 0. The van der Waals surface area contributed by atoms with Crippen molar-refractivity contribution in [2.75, 3.05) is 7.11 Å². The summed E-state index contributed by atoms with van der Waals surface area (Å²) in [5.74, 6) is 0.669. The van der Waals surface area contributed by atoms with Crippen molar-refractivity contribution in [3.63, 3.8) is 0 Å². The Kier molecular flexibility index (Phi) is 4.03. The van der Waals surface area contributed by atoms with Crippen LogP contribution in [0.2, 0.25) is 0 Å². The van der Waals surface area contributed by atoms with E-state index in [1.807, 2.05) is 24.3 Å². The zero-order valence-corrected chi connectivity index (χ0v) is 10.6. The molecule has 1 unspecified atom stereocenters. The molecule has 1 aliphatic heterocycles. The number of hydrogen-bond acceptors (Lipinski definition) is 3. The number of esters is 1. The highest BCUT2D eigenvalue weighted by Gasteiger charge is 2.19. The maximum Gasteiger partial charge on any atom is 0.309 e. The number of benzene rings is 1. The van der Waals surface area contributed by atoms with Gasteiger partial charge in [-0.1, -0.05) is 18.2 Å². The van der Waals surface area contributed by atoms with Crippen LogP contribution in [0.4, 0.5) is 0 Å². The molecule has 0 amide bonds. The number of rotatable bonds is 4. The normalized spacial score (nSPS) is 17.5. The number of fused-ring (bicyclic) bond motifs is 1. The predicted molar refractivity (Wildman–Crippen MR) is 69.7 cm³/mol. The fourth-order valence-corrected chi connectivity index (χ4v) is 2.17. The van der Waals surface area contributed by atoms with E-state index in [0.717, 1.165) is 30.6 Å². The van der Waals surface area contributed by atoms with E-state index >= 15 is 0 Å². The van der Waals surface area contributed by atoms with Gasteiger partial charge in [0.2, 0.25) is 0 Å². The van der Waals surface area contributed by atoms with Gasteiger partial charge in [0.15, 0.2) is 0 Å². The van der Waals surface area contributed by atoms with Crippen LogP contribution in [-0.4, -0.2) is 19.2 Å². The third-order valence-electron chi connectivity index (χ3n) is 3.17. The number of hydrogen-bond donors (Lipinski definition) is 0. The smallest absolute Gasteiger partial charge is 0.309 e. The molecule has 0 bridgehead atoms. The lowest BCUT2D eigenvalue weighted by atomic mass is 9.98. The second-order valence-corrected chi connectivity index (χ2v) is 4.50. The molecule has 2 rings (SSSR count). The average Bonchev–Trinajstić information content (AvgIpc) is 2.38. The molecule has 0 spiro atoms. The summed E-state index contributed by atoms with van der Waals surface area (Å²) in [5.41, 5.74) is 2.14. The molecule has 0 fully saturated rings. The molecule has 0 N–H and O–H groups in total. The van der Waals surface area contributed by atoms with Crippen LogP contribution in [0, 0.1) is 0 Å². The number of carbonyl (C=O) groups excluding carboxylic acids is 1. The summed E-state index contributed by atoms with van der Waals surface area (Å²) in [6.45, 7) is 3.74. The summed E-state index contributed by atoms with van der Waals surface area (Å²) in [5, 5.41) is 0. The number of aryl methyl sites for hydroxylation is 1. The fraction of sp³-hybridized carbons (Fsp3) is 0.400. The molecule has 1 heterocycles. The maximum atomic E-state index is 11.2. The van der Waals surface area contributed by atoms with Gasteiger partial charge in [0.25, 0.3) is 0 Å². The van der Waals surface area contributed by atoms with Gasteiger partial charge >= 0.3 is 5.97 Å². The van der Waals surface area contributed by atoms with Crippen LogP contribution in [0.15, 0.2) is 30.9 Å². The van der Waals surface area contributed by atoms with Crippen molar-refractivity contribution in [2.24, 2.45) is 0 Å². The first kappa shape index (κ1) is 12.7. The Bertz CT molecular complexity index is 451. The average molecular weight is 246 g/mol. The van der Waals surface area contributed by atoms with Crippen LogP contribution < -0.4 is 4.74 Å². The molecule has 1 atom stereocenters. The van der Waals surface area contributed by atoms with E-state index in [0.29, 0.717) is 6.42 Å². The van der Waals surface area contributed by atoms with E-state index in [1.54, 1.807) is 0 Å². The maximum absolute atomic E-state index is 11.2. The van der Waals surface area contributed by atoms with E-state index in [9.17, 15) is 4.79 Å². The number of carbonyl (C=O) groups is 1. The molecule has 0 radical (unpaired) electrons. The Morgan fingerprint density at radius 2 is 2.44 bits per heavy atom. The van der Waals surface area contributed by atoms with Gasteiger partial charge in [-0.3, -0.25) is 4.79 Å². The summed E-state index contributed by atoms with van der Waals surface area (Å²) < 4.78 is 10.6. The third kappa shape index (κ3) is 2.92. The second-order valence-electron chi connectivity index (χ2n) is 4.50. The van der Waals surface area contributed by atoms with Crippen molar-refractivity contribution in [1.82, 2.24) is 0 Å². The number of methoxy groups -OCH3 is 1. The largest absolute Gasteiger partial charge is 0.490 e. The van der Waals surface area contributed by atoms with Crippen molar-refractivity contribution in [1.29, 1.82) is 0 Å². The number of ether oxygens (including phenoxy) is 2. The summed E-state index contributed by atoms with van der Waals surface area (Å²) in [4.78, 5) is 11.2. The molecule has 0 aliphatic carbocycles. The molecule has 0 saturated heterocycles. The second kappa shape index (κ2) is 5.71. The van der Waals surface area contributed by atoms with Gasteiger partial charge in [0.05, 0.1) is 13.5 Å². The summed E-state index contributed by atoms with van der Waals surface area (Å²) in [6.07, 6.45) is 5.29. The van der Waals surface area contributed by atoms with E-state index in [1.165, 1.54) is 12.7 Å². The van der Waals surface area contributed by atoms with Crippen molar-refractivity contribution >= 4 is 5.97 Å². The molecule has 0 aromatic heterocycles. The van der Waals surface area contributed by atoms with Crippen LogP contribution in [-0.2, 0) is 22.4 Å². The van der Waals surface area contributed by atoms with Gasteiger partial charge in [-0.25, -0.2) is 0 Å². The van der Waals surface area contributed by atoms with Crippen molar-refractivity contribution in [3.8, 4) is 5.75 Å². The SMILES string of the molecule is C=CCC1CCc2ccc(CC(=O)OC)cc2O1. The molecular weight excluding hydrogens is 228 g/mol. The van der Waals surface area contributed by atoms with Gasteiger partial charge in [-0.05, 0) is 30.0 Å². The Morgan fingerprint density at radius 1 is 1.61 bits per heavy atom. The minimum absolute atomic E-state index is 0.211. The standard InChI is InChI=1S/C15H18O3/c1-3-4-13-8-7-12-6-5-11(9-14(12)18-13)10-15(16)17-2/h3,5-6,9,13H,1,4,7-8,10H2,2H3. The summed E-state index contributed by atoms with van der Waals surface area (Å²) in [6, 6.07) is 5.95. The van der Waals surface area contributed by atoms with Crippen molar-refractivity contribution < 1.29 is 14.3 Å². The van der Waals surface area contributed by atoms with Crippen LogP contribution in [0.3, 0.4) is 0 Å². The first-order valence-electron chi connectivity index (χ1n) is 6.19. The lowest BCUT2D eigenvalue weighted by Crippen LogP contribution is -2.22. The lowest BCUT2D eigenvalue weighted by Gasteiger charge is -2.25. The highest BCUT2D eigenvalue weighted by atomic mass is 16.5. The van der Waals surface area contributed by atoms with E-state index in [2.05, 4.69) is 11.3 Å². The quantitative estimate of drug-likeness (QED) is 0.605. The Morgan fingerprint density at radius 3 is 3.17 bits per heavy atom. The molecule has 1 aromatic carbocycles. The van der Waals surface area contributed by atoms with Gasteiger partial charge in [0.1, 0.15) is 11.9 Å². The molecule has 18 heavy (non-hydrogen) atoms. The van der Waals surface area contributed by atoms with E-state index in [4.69, 9.17) is 4.74 Å². The van der Waals surface area contributed by atoms with Gasteiger partial charge in [0, 0.05) is 6.42 Å². The van der Waals surface area contributed by atoms with Gasteiger partial charge in [-0.15, -0.1) is 6.58 Å². The molecule has 1 aromatic rings. The Balaban J connectivity index is 2.12. The fourth-order valence-electron chi connectivity index (χ4n) is 2.17. The molecule has 3 nitrogen and oxygen atoms in total. The molecule has 3 heteroatoms. The first-order valence-corrected chi connectivity index (χ1v) is 6.19. The van der Waals surface area contributed by atoms with E-state index < -0.39 is 0 Å². The summed E-state index contributed by atoms with van der Waals surface area (Å²) in [7, 11) is 1.40. The zero-order valence-electron chi connectivity index (χ0n) is 10.6. The van der Waals surface area contributed by atoms with Crippen molar-refractivity contribution in [3.05, 3.63) is 42.0 Å². The van der Waals surface area contributed by atoms with Gasteiger partial charge in [-0.2, -0.15) is 0 Å². The Labute approximate surface area is 107 Å². The minimum atomic E-state index is -0.228. The molecule has 96 valence electrons. The highest BCUT2D eigenvalue weighted by molar-refractivity contribution is 5.72. The topological polar surface area (TPSA) is 35.5 Å². The predicted octanol–water partition coefficient (Wildman–Crippen LogP) is 2.67. The van der Waals surface area contributed by atoms with Crippen LogP contribution in [0.1, 0.15) is 24.0 Å². The first-order chi connectivity index (χ1) is 8.72. The highest BCUT2D eigenvalue weighted by Crippen LogP contribution is 2.30. The monoisotopic (exact) mass is 246 g/mol. The Hall–Kier alpha value is -1.77.